The molecule has 2 aromatic carbocycles. The van der Waals surface area contributed by atoms with Gasteiger partial charge in [-0.2, -0.15) is 0 Å². The van der Waals surface area contributed by atoms with Crippen LogP contribution in [0.15, 0.2) is 54.6 Å². The summed E-state index contributed by atoms with van der Waals surface area (Å²) < 4.78 is 2.39. The van der Waals surface area contributed by atoms with Crippen LogP contribution < -0.4 is 10.6 Å². The number of fused-ring (bicyclic) bond motifs is 1. The van der Waals surface area contributed by atoms with Crippen LogP contribution in [0.1, 0.15) is 21.4 Å². The van der Waals surface area contributed by atoms with Crippen LogP contribution in [-0.4, -0.2) is 15.4 Å². The number of amides is 1. The summed E-state index contributed by atoms with van der Waals surface area (Å²) in [7, 11) is 0. The Balaban J connectivity index is 1.75. The molecule has 0 aliphatic carbocycles. The Kier molecular flexibility index (Phi) is 4.02. The molecule has 130 valence electrons. The van der Waals surface area contributed by atoms with Gasteiger partial charge in [0.05, 0.1) is 4.92 Å². The molecule has 1 amide bonds. The van der Waals surface area contributed by atoms with Crippen LogP contribution in [0, 0.1) is 14.1 Å². The van der Waals surface area contributed by atoms with Crippen molar-refractivity contribution in [1.29, 1.82) is 0 Å². The number of nitro groups is 1. The van der Waals surface area contributed by atoms with E-state index in [4.69, 9.17) is 12.2 Å². The van der Waals surface area contributed by atoms with Gasteiger partial charge < -0.3 is 10.6 Å². The lowest BCUT2D eigenvalue weighted by Gasteiger charge is -2.27. The summed E-state index contributed by atoms with van der Waals surface area (Å²) in [6, 6.07) is 15.6. The number of nitrogens with one attached hydrogen (secondary N) is 2. The minimum atomic E-state index is -0.505. The van der Waals surface area contributed by atoms with Gasteiger partial charge in [-0.25, -0.2) is 0 Å². The molecule has 9 heteroatoms. The fourth-order valence-electron chi connectivity index (χ4n) is 2.79. The van der Waals surface area contributed by atoms with Crippen molar-refractivity contribution in [3.05, 3.63) is 79.1 Å². The number of para-hydroxylation sites is 1. The largest absolute Gasteiger partial charge is 0.346 e. The van der Waals surface area contributed by atoms with Crippen LogP contribution in [0.25, 0.3) is 5.69 Å². The van der Waals surface area contributed by atoms with E-state index in [1.54, 1.807) is 12.1 Å². The zero-order chi connectivity index (χ0) is 18.3. The van der Waals surface area contributed by atoms with Gasteiger partial charge in [0.25, 0.3) is 11.6 Å². The molecule has 0 fully saturated rings. The second-order valence-electron chi connectivity index (χ2n) is 5.62. The topological polar surface area (TPSA) is 89.2 Å². The molecule has 26 heavy (non-hydrogen) atoms. The standard InChI is InChI=1S/C17H12N4O3S2/c22-16-13-15(20(17(25)26-13)11-4-2-1-3-5-11)18-14(19-16)10-6-8-12(9-7-10)21(23)24/h1-9,14,18H,(H,19,22). The molecule has 1 unspecified atom stereocenters. The van der Waals surface area contributed by atoms with Crippen LogP contribution in [0.4, 0.5) is 11.5 Å². The molecule has 2 heterocycles. The number of aromatic nitrogens is 1. The zero-order valence-corrected chi connectivity index (χ0v) is 14.8. The molecule has 0 saturated heterocycles. The minimum absolute atomic E-state index is 0.000646. The Morgan fingerprint density at radius 3 is 2.42 bits per heavy atom. The first-order valence-electron chi connectivity index (χ1n) is 7.67. The van der Waals surface area contributed by atoms with Crippen molar-refractivity contribution in [3.8, 4) is 5.69 Å². The molecular formula is C17H12N4O3S2. The van der Waals surface area contributed by atoms with Crippen molar-refractivity contribution in [2.24, 2.45) is 0 Å². The highest BCUT2D eigenvalue weighted by atomic mass is 32.1. The molecule has 0 saturated carbocycles. The molecule has 2 N–H and O–H groups in total. The Bertz CT molecular complexity index is 1060. The summed E-state index contributed by atoms with van der Waals surface area (Å²) in [4.78, 5) is 23.4. The van der Waals surface area contributed by atoms with Crippen molar-refractivity contribution in [3.63, 3.8) is 0 Å². The third-order valence-electron chi connectivity index (χ3n) is 4.02. The van der Waals surface area contributed by atoms with Crippen molar-refractivity contribution in [2.75, 3.05) is 5.32 Å². The average Bonchev–Trinajstić information content (AvgIpc) is 2.99. The number of benzene rings is 2. The molecule has 1 atom stereocenters. The second-order valence-corrected chi connectivity index (χ2v) is 7.26. The van der Waals surface area contributed by atoms with Crippen molar-refractivity contribution < 1.29 is 9.72 Å². The Morgan fingerprint density at radius 2 is 1.77 bits per heavy atom. The molecule has 3 aromatic rings. The van der Waals surface area contributed by atoms with Crippen LogP contribution >= 0.6 is 23.6 Å². The monoisotopic (exact) mass is 384 g/mol. The molecule has 7 nitrogen and oxygen atoms in total. The fraction of sp³-hybridized carbons (Fsp3) is 0.0588. The van der Waals surface area contributed by atoms with Crippen LogP contribution in [0.5, 0.6) is 0 Å². The summed E-state index contributed by atoms with van der Waals surface area (Å²) in [6.07, 6.45) is -0.505. The van der Waals surface area contributed by atoms with E-state index in [0.717, 1.165) is 5.69 Å². The smallest absolute Gasteiger partial charge is 0.269 e. The van der Waals surface area contributed by atoms with Gasteiger partial charge in [0.1, 0.15) is 16.9 Å². The fourth-order valence-corrected chi connectivity index (χ4v) is 4.10. The summed E-state index contributed by atoms with van der Waals surface area (Å²) in [6.45, 7) is 0. The molecule has 1 aliphatic heterocycles. The highest BCUT2D eigenvalue weighted by Gasteiger charge is 2.30. The Morgan fingerprint density at radius 1 is 1.08 bits per heavy atom. The summed E-state index contributed by atoms with van der Waals surface area (Å²) >= 11 is 6.68. The van der Waals surface area contributed by atoms with E-state index in [-0.39, 0.29) is 11.6 Å². The third-order valence-corrected chi connectivity index (χ3v) is 5.40. The number of hydrogen-bond donors (Lipinski definition) is 2. The van der Waals surface area contributed by atoms with E-state index in [1.807, 2.05) is 34.9 Å². The summed E-state index contributed by atoms with van der Waals surface area (Å²) in [5, 5.41) is 17.0. The number of nitro benzene ring substituents is 1. The van der Waals surface area contributed by atoms with E-state index in [9.17, 15) is 14.9 Å². The summed E-state index contributed by atoms with van der Waals surface area (Å²) in [5.74, 6) is 0.395. The van der Waals surface area contributed by atoms with Gasteiger partial charge >= 0.3 is 0 Å². The number of nitrogens with zero attached hydrogens (tertiary/aromatic N) is 2. The lowest BCUT2D eigenvalue weighted by molar-refractivity contribution is -0.384. The highest BCUT2D eigenvalue weighted by molar-refractivity contribution is 7.73. The van der Waals surface area contributed by atoms with Crippen molar-refractivity contribution in [1.82, 2.24) is 9.88 Å². The van der Waals surface area contributed by atoms with Crippen LogP contribution in [0.3, 0.4) is 0 Å². The van der Waals surface area contributed by atoms with E-state index < -0.39 is 11.1 Å². The Hall–Kier alpha value is -3.04. The molecule has 1 aromatic heterocycles. The maximum atomic E-state index is 12.5. The zero-order valence-electron chi connectivity index (χ0n) is 13.2. The van der Waals surface area contributed by atoms with Gasteiger partial charge in [0.15, 0.2) is 3.95 Å². The average molecular weight is 384 g/mol. The van der Waals surface area contributed by atoms with E-state index in [1.165, 1.54) is 23.5 Å². The maximum Gasteiger partial charge on any atom is 0.269 e. The minimum Gasteiger partial charge on any atom is -0.346 e. The molecule has 0 spiro atoms. The SMILES string of the molecule is O=C1NC(c2ccc([N+](=O)[O-])cc2)Nc2c1sc(=S)n2-c1ccccc1. The van der Waals surface area contributed by atoms with Gasteiger partial charge in [0, 0.05) is 17.8 Å². The normalized spacial score (nSPS) is 15.7. The predicted octanol–water partition coefficient (Wildman–Crippen LogP) is 4.03. The van der Waals surface area contributed by atoms with Crippen LogP contribution in [-0.2, 0) is 0 Å². The van der Waals surface area contributed by atoms with Gasteiger partial charge in [-0.05, 0) is 42.0 Å². The first kappa shape index (κ1) is 16.4. The number of carbonyl (C=O) groups is 1. The molecular weight excluding hydrogens is 372 g/mol. The third kappa shape index (κ3) is 2.76. The first-order chi connectivity index (χ1) is 12.5. The Labute approximate surface area is 157 Å². The predicted molar refractivity (Wildman–Crippen MR) is 101 cm³/mol. The van der Waals surface area contributed by atoms with E-state index >= 15 is 0 Å². The van der Waals surface area contributed by atoms with E-state index in [0.29, 0.717) is 20.2 Å². The van der Waals surface area contributed by atoms with Crippen LogP contribution in [0.2, 0.25) is 0 Å². The quantitative estimate of drug-likeness (QED) is 0.404. The van der Waals surface area contributed by atoms with Gasteiger partial charge in [-0.3, -0.25) is 19.5 Å². The van der Waals surface area contributed by atoms with E-state index in [2.05, 4.69) is 10.6 Å². The number of hydrogen-bond acceptors (Lipinski definition) is 6. The first-order valence-corrected chi connectivity index (χ1v) is 8.90. The van der Waals surface area contributed by atoms with Gasteiger partial charge in [0.2, 0.25) is 0 Å². The highest BCUT2D eigenvalue weighted by Crippen LogP contribution is 2.34. The molecule has 0 bridgehead atoms. The lowest BCUT2D eigenvalue weighted by atomic mass is 10.1. The molecule has 1 aliphatic rings. The van der Waals surface area contributed by atoms with Gasteiger partial charge in [-0.1, -0.05) is 29.5 Å². The number of non-ortho nitro benzene ring substituents is 1. The number of carbonyl (C=O) groups excluding carboxylic acids is 1. The number of anilines is 1. The molecule has 4 rings (SSSR count). The summed E-state index contributed by atoms with van der Waals surface area (Å²) in [5.41, 5.74) is 1.57. The molecule has 0 radical (unpaired) electrons. The second kappa shape index (κ2) is 6.36. The number of rotatable bonds is 3. The lowest BCUT2D eigenvalue weighted by Crippen LogP contribution is -2.38. The van der Waals surface area contributed by atoms with Crippen molar-refractivity contribution in [2.45, 2.75) is 6.17 Å². The number of thiazole rings is 1. The van der Waals surface area contributed by atoms with Crippen molar-refractivity contribution >= 4 is 41.0 Å². The maximum absolute atomic E-state index is 12.5. The van der Waals surface area contributed by atoms with Gasteiger partial charge in [-0.15, -0.1) is 0 Å².